The summed E-state index contributed by atoms with van der Waals surface area (Å²) in [6.07, 6.45) is 0.188. The number of hydrogen-bond acceptors (Lipinski definition) is 6. The Morgan fingerprint density at radius 1 is 1.14 bits per heavy atom. The van der Waals surface area contributed by atoms with Gasteiger partial charge in [-0.3, -0.25) is 4.79 Å². The highest BCUT2D eigenvalue weighted by atomic mass is 19.1. The molecule has 0 aliphatic carbocycles. The van der Waals surface area contributed by atoms with Crippen molar-refractivity contribution in [3.63, 3.8) is 0 Å². The molecule has 8 heteroatoms. The van der Waals surface area contributed by atoms with Crippen LogP contribution in [-0.4, -0.2) is 36.8 Å². The first-order valence-corrected chi connectivity index (χ1v) is 9.12. The molecule has 1 atom stereocenters. The van der Waals surface area contributed by atoms with Crippen LogP contribution in [0.2, 0.25) is 0 Å². The predicted octanol–water partition coefficient (Wildman–Crippen LogP) is 3.72. The summed E-state index contributed by atoms with van der Waals surface area (Å²) in [5.41, 5.74) is 1.80. The number of anilines is 1. The minimum Gasteiger partial charge on any atom is -0.497 e. The molecule has 1 aromatic heterocycles. The van der Waals surface area contributed by atoms with Crippen LogP contribution in [0.15, 0.2) is 40.9 Å². The maximum absolute atomic E-state index is 14.2. The van der Waals surface area contributed by atoms with Gasteiger partial charge < -0.3 is 18.9 Å². The van der Waals surface area contributed by atoms with Crippen molar-refractivity contribution >= 4 is 11.6 Å². The minimum atomic E-state index is -0.429. The van der Waals surface area contributed by atoms with Crippen LogP contribution < -0.4 is 14.4 Å². The standard InChI is InChI=1S/C21H20FN3O4/c1-12-4-5-17(22)18(6-12)25-11-14(9-19(25)26)20-23-21(29-24-20)13-7-15(27-2)10-16(8-13)28-3/h4-8,10,14H,9,11H2,1-3H3. The zero-order chi connectivity index (χ0) is 20.5. The highest BCUT2D eigenvalue weighted by molar-refractivity contribution is 5.96. The maximum atomic E-state index is 14.2. The quantitative estimate of drug-likeness (QED) is 0.653. The van der Waals surface area contributed by atoms with Crippen LogP contribution in [0.25, 0.3) is 11.5 Å². The molecule has 1 saturated heterocycles. The SMILES string of the molecule is COc1cc(OC)cc(-c2nc(C3CC(=O)N(c4cc(C)ccc4F)C3)no2)c1. The van der Waals surface area contributed by atoms with E-state index in [9.17, 15) is 9.18 Å². The fraction of sp³-hybridized carbons (Fsp3) is 0.286. The average Bonchev–Trinajstić information content (AvgIpc) is 3.36. The molecule has 150 valence electrons. The molecule has 2 heterocycles. The molecule has 1 amide bonds. The van der Waals surface area contributed by atoms with Gasteiger partial charge in [0, 0.05) is 30.5 Å². The molecular weight excluding hydrogens is 377 g/mol. The van der Waals surface area contributed by atoms with Crippen molar-refractivity contribution < 1.29 is 23.2 Å². The smallest absolute Gasteiger partial charge is 0.258 e. The first-order valence-electron chi connectivity index (χ1n) is 9.12. The van der Waals surface area contributed by atoms with Crippen LogP contribution in [0.1, 0.15) is 23.7 Å². The Balaban J connectivity index is 1.59. The summed E-state index contributed by atoms with van der Waals surface area (Å²) in [5, 5.41) is 4.05. The van der Waals surface area contributed by atoms with Crippen LogP contribution in [0.5, 0.6) is 11.5 Å². The molecule has 1 aliphatic rings. The van der Waals surface area contributed by atoms with Gasteiger partial charge in [0.1, 0.15) is 17.3 Å². The van der Waals surface area contributed by atoms with Crippen molar-refractivity contribution in [2.24, 2.45) is 0 Å². The molecule has 0 spiro atoms. The van der Waals surface area contributed by atoms with Crippen LogP contribution in [0, 0.1) is 12.7 Å². The minimum absolute atomic E-state index is 0.172. The van der Waals surface area contributed by atoms with Crippen molar-refractivity contribution in [1.29, 1.82) is 0 Å². The molecule has 1 unspecified atom stereocenters. The summed E-state index contributed by atoms with van der Waals surface area (Å²) in [7, 11) is 3.11. The number of nitrogens with zero attached hydrogens (tertiary/aromatic N) is 3. The third kappa shape index (κ3) is 3.65. The molecular formula is C21H20FN3O4. The first-order chi connectivity index (χ1) is 14.0. The highest BCUT2D eigenvalue weighted by Gasteiger charge is 2.35. The fourth-order valence-corrected chi connectivity index (χ4v) is 3.39. The lowest BCUT2D eigenvalue weighted by Gasteiger charge is -2.17. The van der Waals surface area contributed by atoms with Crippen LogP contribution in [-0.2, 0) is 4.79 Å². The van der Waals surface area contributed by atoms with Gasteiger partial charge >= 0.3 is 0 Å². The number of carbonyl (C=O) groups excluding carboxylic acids is 1. The second-order valence-electron chi connectivity index (χ2n) is 6.92. The Labute approximate surface area is 167 Å². The number of ether oxygens (including phenoxy) is 2. The van der Waals surface area contributed by atoms with E-state index < -0.39 is 5.82 Å². The molecule has 1 fully saturated rings. The molecule has 4 rings (SSSR count). The molecule has 0 N–H and O–H groups in total. The monoisotopic (exact) mass is 397 g/mol. The number of benzene rings is 2. The normalized spacial score (nSPS) is 16.3. The summed E-state index contributed by atoms with van der Waals surface area (Å²) in [4.78, 5) is 18.4. The van der Waals surface area contributed by atoms with Crippen molar-refractivity contribution in [1.82, 2.24) is 10.1 Å². The fourth-order valence-electron chi connectivity index (χ4n) is 3.39. The lowest BCUT2D eigenvalue weighted by Crippen LogP contribution is -2.25. The first kappa shape index (κ1) is 18.9. The van der Waals surface area contributed by atoms with Gasteiger partial charge in [-0.25, -0.2) is 4.39 Å². The van der Waals surface area contributed by atoms with E-state index >= 15 is 0 Å². The van der Waals surface area contributed by atoms with Crippen LogP contribution >= 0.6 is 0 Å². The van der Waals surface area contributed by atoms with Crippen LogP contribution in [0.4, 0.5) is 10.1 Å². The number of halogens is 1. The number of aryl methyl sites for hydroxylation is 1. The van der Waals surface area contributed by atoms with E-state index in [-0.39, 0.29) is 23.9 Å². The Morgan fingerprint density at radius 3 is 2.55 bits per heavy atom. The molecule has 0 saturated carbocycles. The number of aromatic nitrogens is 2. The highest BCUT2D eigenvalue weighted by Crippen LogP contribution is 2.34. The third-order valence-corrected chi connectivity index (χ3v) is 4.92. The number of rotatable bonds is 5. The molecule has 1 aliphatic heterocycles. The van der Waals surface area contributed by atoms with Gasteiger partial charge in [0.05, 0.1) is 19.9 Å². The van der Waals surface area contributed by atoms with Gasteiger partial charge in [0.25, 0.3) is 5.89 Å². The summed E-state index contributed by atoms with van der Waals surface area (Å²) in [6, 6.07) is 9.96. The zero-order valence-electron chi connectivity index (χ0n) is 16.3. The van der Waals surface area contributed by atoms with Gasteiger partial charge in [-0.1, -0.05) is 11.2 Å². The van der Waals surface area contributed by atoms with E-state index in [1.165, 1.54) is 11.0 Å². The van der Waals surface area contributed by atoms with Gasteiger partial charge in [-0.05, 0) is 36.8 Å². The molecule has 0 bridgehead atoms. The topological polar surface area (TPSA) is 77.7 Å². The second kappa shape index (κ2) is 7.54. The third-order valence-electron chi connectivity index (χ3n) is 4.92. The Bertz CT molecular complexity index is 1040. The Kier molecular flexibility index (Phi) is 4.92. The van der Waals surface area contributed by atoms with Crippen LogP contribution in [0.3, 0.4) is 0 Å². The molecule has 0 radical (unpaired) electrons. The lowest BCUT2D eigenvalue weighted by atomic mass is 10.1. The maximum Gasteiger partial charge on any atom is 0.258 e. The van der Waals surface area contributed by atoms with Gasteiger partial charge in [0.15, 0.2) is 5.82 Å². The second-order valence-corrected chi connectivity index (χ2v) is 6.92. The molecule has 29 heavy (non-hydrogen) atoms. The number of hydrogen-bond donors (Lipinski definition) is 0. The van der Waals surface area contributed by atoms with Crippen molar-refractivity contribution in [2.75, 3.05) is 25.7 Å². The molecule has 7 nitrogen and oxygen atoms in total. The van der Waals surface area contributed by atoms with E-state index in [1.807, 2.05) is 6.92 Å². The Morgan fingerprint density at radius 2 is 1.86 bits per heavy atom. The van der Waals surface area contributed by atoms with E-state index in [0.717, 1.165) is 5.56 Å². The lowest BCUT2D eigenvalue weighted by molar-refractivity contribution is -0.117. The van der Waals surface area contributed by atoms with Gasteiger partial charge in [0.2, 0.25) is 5.91 Å². The van der Waals surface area contributed by atoms with Crippen molar-refractivity contribution in [3.8, 4) is 23.0 Å². The van der Waals surface area contributed by atoms with Crippen molar-refractivity contribution in [3.05, 3.63) is 53.6 Å². The van der Waals surface area contributed by atoms with Gasteiger partial charge in [-0.2, -0.15) is 4.98 Å². The zero-order valence-corrected chi connectivity index (χ0v) is 16.3. The molecule has 2 aromatic carbocycles. The van der Waals surface area contributed by atoms with E-state index in [4.69, 9.17) is 14.0 Å². The van der Waals surface area contributed by atoms with E-state index in [2.05, 4.69) is 10.1 Å². The molecule has 3 aromatic rings. The summed E-state index contributed by atoms with van der Waals surface area (Å²) in [5.74, 6) is 1.01. The number of amides is 1. The summed E-state index contributed by atoms with van der Waals surface area (Å²) >= 11 is 0. The van der Waals surface area contributed by atoms with E-state index in [0.29, 0.717) is 35.3 Å². The number of methoxy groups -OCH3 is 2. The summed E-state index contributed by atoms with van der Waals surface area (Å²) < 4.78 is 30.2. The Hall–Kier alpha value is -3.42. The average molecular weight is 397 g/mol. The largest absolute Gasteiger partial charge is 0.497 e. The van der Waals surface area contributed by atoms with E-state index in [1.54, 1.807) is 44.6 Å². The summed E-state index contributed by atoms with van der Waals surface area (Å²) in [6.45, 7) is 2.15. The van der Waals surface area contributed by atoms with Crippen molar-refractivity contribution in [2.45, 2.75) is 19.3 Å². The predicted molar refractivity (Wildman–Crippen MR) is 104 cm³/mol. The number of carbonyl (C=O) groups is 1. The van der Waals surface area contributed by atoms with Gasteiger partial charge in [-0.15, -0.1) is 0 Å².